The molecule has 0 saturated carbocycles. The van der Waals surface area contributed by atoms with Gasteiger partial charge in [-0.1, -0.05) is 0 Å². The van der Waals surface area contributed by atoms with Gasteiger partial charge in [-0.05, 0) is 31.2 Å². The fourth-order valence-electron chi connectivity index (χ4n) is 2.03. The minimum atomic E-state index is -0.351. The van der Waals surface area contributed by atoms with Crippen LogP contribution in [0.25, 0.3) is 0 Å². The standard InChI is InChI=1S/C14H18FNO4/c1-10-8-19-13(7-17)6-16(10)14(18)9-20-12-4-2-11(15)3-5-12/h2-5,10,13,17H,6-9H2,1H3. The van der Waals surface area contributed by atoms with Crippen molar-refractivity contribution in [2.24, 2.45) is 0 Å². The van der Waals surface area contributed by atoms with Crippen molar-refractivity contribution in [3.05, 3.63) is 30.1 Å². The first-order valence-electron chi connectivity index (χ1n) is 6.50. The summed E-state index contributed by atoms with van der Waals surface area (Å²) in [5.74, 6) is -0.0841. The van der Waals surface area contributed by atoms with Gasteiger partial charge in [0.15, 0.2) is 6.61 Å². The molecule has 1 heterocycles. The van der Waals surface area contributed by atoms with E-state index in [9.17, 15) is 9.18 Å². The Morgan fingerprint density at radius 3 is 2.85 bits per heavy atom. The molecule has 2 rings (SSSR count). The number of morpholine rings is 1. The van der Waals surface area contributed by atoms with Crippen LogP contribution < -0.4 is 4.74 Å². The number of halogens is 1. The molecule has 1 aliphatic rings. The molecule has 1 saturated heterocycles. The van der Waals surface area contributed by atoms with Crippen molar-refractivity contribution in [2.45, 2.75) is 19.1 Å². The van der Waals surface area contributed by atoms with Crippen LogP contribution in [0.15, 0.2) is 24.3 Å². The molecule has 0 radical (unpaired) electrons. The van der Waals surface area contributed by atoms with Crippen molar-refractivity contribution in [3.8, 4) is 5.75 Å². The first-order valence-corrected chi connectivity index (χ1v) is 6.50. The SMILES string of the molecule is CC1COC(CO)CN1C(=O)COc1ccc(F)cc1. The zero-order chi connectivity index (χ0) is 14.5. The van der Waals surface area contributed by atoms with Crippen molar-refractivity contribution in [3.63, 3.8) is 0 Å². The molecule has 1 aromatic carbocycles. The lowest BCUT2D eigenvalue weighted by atomic mass is 10.2. The van der Waals surface area contributed by atoms with E-state index < -0.39 is 0 Å². The van der Waals surface area contributed by atoms with Crippen LogP contribution in [0, 0.1) is 5.82 Å². The Hall–Kier alpha value is -1.66. The molecule has 1 fully saturated rings. The summed E-state index contributed by atoms with van der Waals surface area (Å²) < 4.78 is 23.4. The van der Waals surface area contributed by atoms with Crippen LogP contribution in [0.3, 0.4) is 0 Å². The Labute approximate surface area is 116 Å². The summed E-state index contributed by atoms with van der Waals surface area (Å²) in [6.45, 7) is 2.39. The smallest absolute Gasteiger partial charge is 0.260 e. The van der Waals surface area contributed by atoms with Gasteiger partial charge in [0.2, 0.25) is 0 Å². The third kappa shape index (κ3) is 3.68. The van der Waals surface area contributed by atoms with Gasteiger partial charge >= 0.3 is 0 Å². The molecule has 0 bridgehead atoms. The number of hydrogen-bond donors (Lipinski definition) is 1. The average molecular weight is 283 g/mol. The fourth-order valence-corrected chi connectivity index (χ4v) is 2.03. The highest BCUT2D eigenvalue weighted by Gasteiger charge is 2.29. The predicted molar refractivity (Wildman–Crippen MR) is 69.9 cm³/mol. The van der Waals surface area contributed by atoms with E-state index in [0.29, 0.717) is 18.9 Å². The second kappa shape index (κ2) is 6.67. The van der Waals surface area contributed by atoms with Crippen LogP contribution in [0.5, 0.6) is 5.75 Å². The molecule has 2 unspecified atom stereocenters. The zero-order valence-corrected chi connectivity index (χ0v) is 11.3. The molecular formula is C14H18FNO4. The molecule has 6 heteroatoms. The predicted octanol–water partition coefficient (Wildman–Crippen LogP) is 0.813. The van der Waals surface area contributed by atoms with Crippen LogP contribution in [0.1, 0.15) is 6.92 Å². The number of aliphatic hydroxyl groups excluding tert-OH is 1. The number of hydrogen-bond acceptors (Lipinski definition) is 4. The van der Waals surface area contributed by atoms with Crippen molar-refractivity contribution in [1.29, 1.82) is 0 Å². The Morgan fingerprint density at radius 1 is 1.50 bits per heavy atom. The fraction of sp³-hybridized carbons (Fsp3) is 0.500. The number of carbonyl (C=O) groups excluding carboxylic acids is 1. The molecular weight excluding hydrogens is 265 g/mol. The maximum Gasteiger partial charge on any atom is 0.260 e. The minimum absolute atomic E-state index is 0.0536. The lowest BCUT2D eigenvalue weighted by Gasteiger charge is -2.37. The Balaban J connectivity index is 1.88. The summed E-state index contributed by atoms with van der Waals surface area (Å²) in [6.07, 6.45) is -0.346. The number of amides is 1. The Morgan fingerprint density at radius 2 is 2.20 bits per heavy atom. The second-order valence-corrected chi connectivity index (χ2v) is 4.78. The molecule has 110 valence electrons. The Bertz CT molecular complexity index is 451. The van der Waals surface area contributed by atoms with Crippen LogP contribution in [0.4, 0.5) is 4.39 Å². The van der Waals surface area contributed by atoms with Gasteiger partial charge in [0.05, 0.1) is 25.4 Å². The van der Waals surface area contributed by atoms with Gasteiger partial charge < -0.3 is 19.5 Å². The molecule has 20 heavy (non-hydrogen) atoms. The van der Waals surface area contributed by atoms with E-state index in [2.05, 4.69) is 0 Å². The molecule has 2 atom stereocenters. The normalized spacial score (nSPS) is 22.6. The Kier molecular flexibility index (Phi) is 4.92. The quantitative estimate of drug-likeness (QED) is 0.888. The van der Waals surface area contributed by atoms with E-state index >= 15 is 0 Å². The monoisotopic (exact) mass is 283 g/mol. The molecule has 1 aliphatic heterocycles. The average Bonchev–Trinajstić information content (AvgIpc) is 2.47. The third-order valence-corrected chi connectivity index (χ3v) is 3.21. The minimum Gasteiger partial charge on any atom is -0.484 e. The maximum atomic E-state index is 12.7. The molecule has 1 N–H and O–H groups in total. The van der Waals surface area contributed by atoms with Crippen LogP contribution in [0.2, 0.25) is 0 Å². The number of aliphatic hydroxyl groups is 1. The van der Waals surface area contributed by atoms with E-state index in [0.717, 1.165) is 0 Å². The topological polar surface area (TPSA) is 59.0 Å². The molecule has 0 aliphatic carbocycles. The summed E-state index contributed by atoms with van der Waals surface area (Å²) in [4.78, 5) is 13.7. The first-order chi connectivity index (χ1) is 9.60. The largest absolute Gasteiger partial charge is 0.484 e. The molecule has 5 nitrogen and oxygen atoms in total. The summed E-state index contributed by atoms with van der Waals surface area (Å²) in [5.41, 5.74) is 0. The van der Waals surface area contributed by atoms with Crippen molar-refractivity contribution in [1.82, 2.24) is 4.90 Å². The lowest BCUT2D eigenvalue weighted by Crippen LogP contribution is -2.53. The summed E-state index contributed by atoms with van der Waals surface area (Å²) in [7, 11) is 0. The van der Waals surface area contributed by atoms with Crippen LogP contribution >= 0.6 is 0 Å². The van der Waals surface area contributed by atoms with Crippen LogP contribution in [-0.4, -0.2) is 54.4 Å². The number of benzene rings is 1. The molecule has 1 aromatic rings. The lowest BCUT2D eigenvalue weighted by molar-refractivity contribution is -0.148. The van der Waals surface area contributed by atoms with Crippen LogP contribution in [-0.2, 0) is 9.53 Å². The molecule has 0 aromatic heterocycles. The van der Waals surface area contributed by atoms with E-state index in [1.54, 1.807) is 4.90 Å². The van der Waals surface area contributed by atoms with Gasteiger partial charge in [0.25, 0.3) is 5.91 Å². The highest BCUT2D eigenvalue weighted by Crippen LogP contribution is 2.14. The highest BCUT2D eigenvalue weighted by molar-refractivity contribution is 5.78. The van der Waals surface area contributed by atoms with Crippen molar-refractivity contribution in [2.75, 3.05) is 26.4 Å². The van der Waals surface area contributed by atoms with Gasteiger partial charge in [0.1, 0.15) is 11.6 Å². The van der Waals surface area contributed by atoms with E-state index in [4.69, 9.17) is 14.6 Å². The zero-order valence-electron chi connectivity index (χ0n) is 11.3. The molecule has 1 amide bonds. The van der Waals surface area contributed by atoms with Gasteiger partial charge in [-0.3, -0.25) is 4.79 Å². The highest BCUT2D eigenvalue weighted by atomic mass is 19.1. The number of ether oxygens (including phenoxy) is 2. The molecule has 0 spiro atoms. The second-order valence-electron chi connectivity index (χ2n) is 4.78. The number of nitrogens with zero attached hydrogens (tertiary/aromatic N) is 1. The van der Waals surface area contributed by atoms with Gasteiger partial charge in [-0.15, -0.1) is 0 Å². The van der Waals surface area contributed by atoms with Gasteiger partial charge in [-0.2, -0.15) is 0 Å². The van der Waals surface area contributed by atoms with Gasteiger partial charge in [-0.25, -0.2) is 4.39 Å². The summed E-state index contributed by atoms with van der Waals surface area (Å²) in [5, 5.41) is 9.08. The number of rotatable bonds is 4. The van der Waals surface area contributed by atoms with E-state index in [1.807, 2.05) is 6.92 Å². The number of carbonyl (C=O) groups is 1. The van der Waals surface area contributed by atoms with Gasteiger partial charge in [0, 0.05) is 6.54 Å². The maximum absolute atomic E-state index is 12.7. The van der Waals surface area contributed by atoms with E-state index in [-0.39, 0.29) is 37.1 Å². The summed E-state index contributed by atoms with van der Waals surface area (Å²) in [6, 6.07) is 5.45. The third-order valence-electron chi connectivity index (χ3n) is 3.21. The van der Waals surface area contributed by atoms with Crippen molar-refractivity contribution < 1.29 is 23.8 Å². The van der Waals surface area contributed by atoms with E-state index in [1.165, 1.54) is 24.3 Å². The van der Waals surface area contributed by atoms with Crippen molar-refractivity contribution >= 4 is 5.91 Å². The summed E-state index contributed by atoms with van der Waals surface area (Å²) >= 11 is 0. The first kappa shape index (κ1) is 14.7.